The molecule has 0 aliphatic carbocycles. The van der Waals surface area contributed by atoms with Crippen LogP contribution >= 0.6 is 0 Å². The SMILES string of the molecule is Cc1ncc(S(N)(=O)=O)c(C(F)F)c1C#N. The lowest BCUT2D eigenvalue weighted by Gasteiger charge is -2.09. The summed E-state index contributed by atoms with van der Waals surface area (Å²) in [5.74, 6) is 0. The van der Waals surface area contributed by atoms with E-state index in [0.29, 0.717) is 0 Å². The zero-order valence-corrected chi connectivity index (χ0v) is 8.92. The number of nitrogens with zero attached hydrogens (tertiary/aromatic N) is 2. The molecule has 2 N–H and O–H groups in total. The number of halogens is 2. The number of nitrogens with two attached hydrogens (primary N) is 1. The number of aromatic nitrogens is 1. The predicted octanol–water partition coefficient (Wildman–Crippen LogP) is 0.847. The van der Waals surface area contributed by atoms with Gasteiger partial charge in [0.1, 0.15) is 11.0 Å². The minimum absolute atomic E-state index is 0.0326. The molecule has 0 aliphatic heterocycles. The van der Waals surface area contributed by atoms with Crippen molar-refractivity contribution in [2.75, 3.05) is 0 Å². The van der Waals surface area contributed by atoms with Crippen molar-refractivity contribution in [2.24, 2.45) is 5.14 Å². The van der Waals surface area contributed by atoms with Crippen molar-refractivity contribution in [3.8, 4) is 6.07 Å². The zero-order chi connectivity index (χ0) is 12.5. The summed E-state index contributed by atoms with van der Waals surface area (Å²) in [4.78, 5) is 2.73. The van der Waals surface area contributed by atoms with Gasteiger partial charge in [0.05, 0.1) is 16.8 Å². The van der Waals surface area contributed by atoms with E-state index in [0.717, 1.165) is 6.20 Å². The van der Waals surface area contributed by atoms with Crippen molar-refractivity contribution in [1.29, 1.82) is 5.26 Å². The van der Waals surface area contributed by atoms with Crippen LogP contribution in [-0.2, 0) is 10.0 Å². The van der Waals surface area contributed by atoms with Crippen LogP contribution in [0.15, 0.2) is 11.1 Å². The molecule has 1 heterocycles. The monoisotopic (exact) mass is 247 g/mol. The largest absolute Gasteiger partial charge is 0.266 e. The predicted molar refractivity (Wildman–Crippen MR) is 50.0 cm³/mol. The Morgan fingerprint density at radius 3 is 2.50 bits per heavy atom. The number of pyridine rings is 1. The highest BCUT2D eigenvalue weighted by atomic mass is 32.2. The van der Waals surface area contributed by atoms with Crippen molar-refractivity contribution < 1.29 is 17.2 Å². The first-order valence-corrected chi connectivity index (χ1v) is 5.54. The number of hydrogen-bond donors (Lipinski definition) is 1. The minimum atomic E-state index is -4.32. The van der Waals surface area contributed by atoms with Gasteiger partial charge in [0, 0.05) is 6.20 Å². The second-order valence-electron chi connectivity index (χ2n) is 2.95. The van der Waals surface area contributed by atoms with Gasteiger partial charge >= 0.3 is 0 Å². The van der Waals surface area contributed by atoms with Crippen LogP contribution in [0, 0.1) is 18.3 Å². The maximum absolute atomic E-state index is 12.7. The fourth-order valence-corrected chi connectivity index (χ4v) is 1.89. The third-order valence-corrected chi connectivity index (χ3v) is 2.85. The van der Waals surface area contributed by atoms with Gasteiger partial charge in [0.25, 0.3) is 6.43 Å². The maximum atomic E-state index is 12.7. The molecule has 0 spiro atoms. The molecule has 16 heavy (non-hydrogen) atoms. The first-order valence-electron chi connectivity index (χ1n) is 3.99. The van der Waals surface area contributed by atoms with E-state index in [9.17, 15) is 17.2 Å². The van der Waals surface area contributed by atoms with Crippen LogP contribution < -0.4 is 5.14 Å². The van der Waals surface area contributed by atoms with E-state index in [-0.39, 0.29) is 5.69 Å². The van der Waals surface area contributed by atoms with Crippen LogP contribution in [0.5, 0.6) is 0 Å². The van der Waals surface area contributed by atoms with E-state index in [4.69, 9.17) is 10.4 Å². The average Bonchev–Trinajstić information content (AvgIpc) is 2.14. The van der Waals surface area contributed by atoms with Gasteiger partial charge in [-0.3, -0.25) is 4.98 Å². The van der Waals surface area contributed by atoms with Gasteiger partial charge in [-0.05, 0) is 6.92 Å². The number of nitriles is 1. The van der Waals surface area contributed by atoms with Crippen LogP contribution in [0.4, 0.5) is 8.78 Å². The zero-order valence-electron chi connectivity index (χ0n) is 8.11. The lowest BCUT2D eigenvalue weighted by atomic mass is 10.1. The van der Waals surface area contributed by atoms with Gasteiger partial charge < -0.3 is 0 Å². The molecule has 0 aliphatic rings. The molecule has 1 aromatic rings. The van der Waals surface area contributed by atoms with Crippen LogP contribution in [0.3, 0.4) is 0 Å². The minimum Gasteiger partial charge on any atom is -0.259 e. The first kappa shape index (κ1) is 12.5. The number of sulfonamides is 1. The summed E-state index contributed by atoms with van der Waals surface area (Å²) in [6, 6.07) is 1.50. The van der Waals surface area contributed by atoms with Crippen LogP contribution in [0.25, 0.3) is 0 Å². The van der Waals surface area contributed by atoms with E-state index < -0.39 is 32.5 Å². The van der Waals surface area contributed by atoms with E-state index >= 15 is 0 Å². The summed E-state index contributed by atoms with van der Waals surface area (Å²) in [6.07, 6.45) is -2.38. The summed E-state index contributed by atoms with van der Waals surface area (Å²) in [5.41, 5.74) is -1.32. The molecule has 0 atom stereocenters. The number of aryl methyl sites for hydroxylation is 1. The molecule has 8 heteroatoms. The van der Waals surface area contributed by atoms with Gasteiger partial charge in [-0.15, -0.1) is 0 Å². The normalized spacial score (nSPS) is 11.5. The Balaban J connectivity index is 3.74. The fourth-order valence-electron chi connectivity index (χ4n) is 1.19. The van der Waals surface area contributed by atoms with E-state index in [1.165, 1.54) is 13.0 Å². The maximum Gasteiger partial charge on any atom is 0.266 e. The van der Waals surface area contributed by atoms with E-state index in [2.05, 4.69) is 4.98 Å². The fraction of sp³-hybridized carbons (Fsp3) is 0.250. The summed E-state index contributed by atoms with van der Waals surface area (Å²) in [6.45, 7) is 1.33. The highest BCUT2D eigenvalue weighted by Crippen LogP contribution is 2.29. The molecular formula is C8H7F2N3O2S. The second kappa shape index (κ2) is 4.11. The Morgan fingerprint density at radius 2 is 2.12 bits per heavy atom. The van der Waals surface area contributed by atoms with Gasteiger partial charge in [0.2, 0.25) is 10.0 Å². The molecule has 0 saturated heterocycles. The quantitative estimate of drug-likeness (QED) is 0.837. The molecule has 86 valence electrons. The molecule has 1 aromatic heterocycles. The van der Waals surface area contributed by atoms with Crippen molar-refractivity contribution >= 4 is 10.0 Å². The van der Waals surface area contributed by atoms with Gasteiger partial charge in [-0.2, -0.15) is 5.26 Å². The van der Waals surface area contributed by atoms with Crippen LogP contribution in [0.1, 0.15) is 23.2 Å². The lowest BCUT2D eigenvalue weighted by Crippen LogP contribution is -2.17. The Kier molecular flexibility index (Phi) is 3.21. The van der Waals surface area contributed by atoms with Crippen LogP contribution in [-0.4, -0.2) is 13.4 Å². The molecule has 0 unspecified atom stereocenters. The van der Waals surface area contributed by atoms with Crippen molar-refractivity contribution in [2.45, 2.75) is 18.2 Å². The molecule has 0 saturated carbocycles. The molecule has 0 radical (unpaired) electrons. The van der Waals surface area contributed by atoms with Crippen molar-refractivity contribution in [3.63, 3.8) is 0 Å². The number of rotatable bonds is 2. The summed E-state index contributed by atoms with van der Waals surface area (Å²) in [7, 11) is -4.32. The number of alkyl halides is 2. The lowest BCUT2D eigenvalue weighted by molar-refractivity contribution is 0.147. The number of primary sulfonamides is 1. The van der Waals surface area contributed by atoms with Crippen molar-refractivity contribution in [1.82, 2.24) is 4.98 Å². The highest BCUT2D eigenvalue weighted by molar-refractivity contribution is 7.89. The van der Waals surface area contributed by atoms with Gasteiger partial charge in [-0.25, -0.2) is 22.3 Å². The Hall–Kier alpha value is -1.59. The summed E-state index contributed by atoms with van der Waals surface area (Å²) in [5, 5.41) is 13.4. The standard InChI is InChI=1S/C8H7F2N3O2S/c1-4-5(2-11)7(8(9)10)6(3-13-4)16(12,14)15/h3,8H,1H3,(H2,12,14,15). The van der Waals surface area contributed by atoms with Crippen molar-refractivity contribution in [3.05, 3.63) is 23.0 Å². The van der Waals surface area contributed by atoms with E-state index in [1.807, 2.05) is 0 Å². The Morgan fingerprint density at radius 1 is 1.56 bits per heavy atom. The van der Waals surface area contributed by atoms with Gasteiger partial charge in [0.15, 0.2) is 0 Å². The molecule has 5 nitrogen and oxygen atoms in total. The second-order valence-corrected chi connectivity index (χ2v) is 4.48. The molecule has 0 aromatic carbocycles. The average molecular weight is 247 g/mol. The smallest absolute Gasteiger partial charge is 0.259 e. The molecule has 1 rings (SSSR count). The van der Waals surface area contributed by atoms with E-state index in [1.54, 1.807) is 0 Å². The topological polar surface area (TPSA) is 96.8 Å². The van der Waals surface area contributed by atoms with Gasteiger partial charge in [-0.1, -0.05) is 0 Å². The highest BCUT2D eigenvalue weighted by Gasteiger charge is 2.26. The Bertz CT molecular complexity index is 563. The summed E-state index contributed by atoms with van der Waals surface area (Å²) < 4.78 is 47.4. The first-order chi connectivity index (χ1) is 7.29. The third-order valence-electron chi connectivity index (χ3n) is 1.91. The van der Waals surface area contributed by atoms with Crippen LogP contribution in [0.2, 0.25) is 0 Å². The molecule has 0 bridgehead atoms. The number of hydrogen-bond acceptors (Lipinski definition) is 4. The molecule has 0 amide bonds. The Labute approximate surface area is 90.6 Å². The molecular weight excluding hydrogens is 240 g/mol. The molecule has 0 fully saturated rings. The summed E-state index contributed by atoms with van der Waals surface area (Å²) >= 11 is 0. The third kappa shape index (κ3) is 2.15.